The fraction of sp³-hybridized carbons (Fsp3) is 0.111. The molecule has 3 aromatic rings. The second kappa shape index (κ2) is 7.92. The molecule has 132 valence electrons. The summed E-state index contributed by atoms with van der Waals surface area (Å²) in [7, 11) is 0. The van der Waals surface area contributed by atoms with Crippen molar-refractivity contribution < 1.29 is 9.90 Å². The van der Waals surface area contributed by atoms with Crippen molar-refractivity contribution >= 4 is 39.4 Å². The number of rotatable bonds is 6. The Morgan fingerprint density at radius 1 is 1.15 bits per heavy atom. The standard InChI is InChI=1S/C18H16BrN5O2/c1-11-5-6-13(12(19)8-11)22-16-9-15(14-4-2-3-7-20-14)23-18(24-16)21-10-17(25)26/h2-9H,10H2,1H3,(H,25,26)(H2,21,22,23,24). The van der Waals surface area contributed by atoms with Crippen LogP contribution in [0.2, 0.25) is 0 Å². The van der Waals surface area contributed by atoms with Crippen LogP contribution in [-0.4, -0.2) is 32.6 Å². The predicted molar refractivity (Wildman–Crippen MR) is 104 cm³/mol. The van der Waals surface area contributed by atoms with Crippen molar-refractivity contribution in [3.8, 4) is 11.4 Å². The van der Waals surface area contributed by atoms with Gasteiger partial charge < -0.3 is 15.7 Å². The second-order valence-corrected chi connectivity index (χ2v) is 6.39. The van der Waals surface area contributed by atoms with Gasteiger partial charge in [-0.25, -0.2) is 4.98 Å². The molecule has 2 aromatic heterocycles. The van der Waals surface area contributed by atoms with Gasteiger partial charge in [0, 0.05) is 16.7 Å². The topological polar surface area (TPSA) is 100 Å². The summed E-state index contributed by atoms with van der Waals surface area (Å²) < 4.78 is 0.899. The van der Waals surface area contributed by atoms with Crippen LogP contribution >= 0.6 is 15.9 Å². The summed E-state index contributed by atoms with van der Waals surface area (Å²) in [6.07, 6.45) is 1.67. The van der Waals surface area contributed by atoms with Gasteiger partial charge in [0.15, 0.2) is 0 Å². The van der Waals surface area contributed by atoms with E-state index in [1.807, 2.05) is 43.3 Å². The molecule has 0 amide bonds. The lowest BCUT2D eigenvalue weighted by Gasteiger charge is -2.12. The molecule has 0 aliphatic heterocycles. The van der Waals surface area contributed by atoms with E-state index < -0.39 is 5.97 Å². The largest absolute Gasteiger partial charge is 0.480 e. The molecule has 3 N–H and O–H groups in total. The molecule has 26 heavy (non-hydrogen) atoms. The molecule has 7 nitrogen and oxygen atoms in total. The summed E-state index contributed by atoms with van der Waals surface area (Å²) in [5, 5.41) is 14.8. The number of hydrogen-bond donors (Lipinski definition) is 3. The van der Waals surface area contributed by atoms with Gasteiger partial charge in [-0.2, -0.15) is 4.98 Å². The summed E-state index contributed by atoms with van der Waals surface area (Å²) in [6, 6.07) is 13.2. The number of carboxylic acid groups (broad SMARTS) is 1. The van der Waals surface area contributed by atoms with Crippen LogP contribution in [0.5, 0.6) is 0 Å². The van der Waals surface area contributed by atoms with Gasteiger partial charge in [-0.3, -0.25) is 9.78 Å². The fourth-order valence-electron chi connectivity index (χ4n) is 2.25. The van der Waals surface area contributed by atoms with Crippen LogP contribution in [0.4, 0.5) is 17.5 Å². The minimum Gasteiger partial charge on any atom is -0.480 e. The van der Waals surface area contributed by atoms with Gasteiger partial charge in [-0.15, -0.1) is 0 Å². The number of carbonyl (C=O) groups is 1. The maximum absolute atomic E-state index is 10.8. The first-order valence-electron chi connectivity index (χ1n) is 7.80. The normalized spacial score (nSPS) is 10.4. The number of nitrogens with one attached hydrogen (secondary N) is 2. The Hall–Kier alpha value is -3.00. The molecular formula is C18H16BrN5O2. The molecule has 8 heteroatoms. The molecule has 0 unspecified atom stereocenters. The number of hydrogen-bond acceptors (Lipinski definition) is 6. The lowest BCUT2D eigenvalue weighted by Crippen LogP contribution is -2.15. The van der Waals surface area contributed by atoms with Crippen LogP contribution in [0.25, 0.3) is 11.4 Å². The Labute approximate surface area is 158 Å². The minimum absolute atomic E-state index is 0.210. The smallest absolute Gasteiger partial charge is 0.322 e. The van der Waals surface area contributed by atoms with E-state index in [1.165, 1.54) is 0 Å². The van der Waals surface area contributed by atoms with Gasteiger partial charge in [-0.1, -0.05) is 12.1 Å². The summed E-state index contributed by atoms with van der Waals surface area (Å²) in [5.41, 5.74) is 3.21. The molecule has 3 rings (SSSR count). The van der Waals surface area contributed by atoms with E-state index in [4.69, 9.17) is 5.11 Å². The number of aliphatic carboxylic acids is 1. The Bertz CT molecular complexity index is 934. The number of nitrogens with zero attached hydrogens (tertiary/aromatic N) is 3. The van der Waals surface area contributed by atoms with Crippen LogP contribution < -0.4 is 10.6 Å². The first-order valence-corrected chi connectivity index (χ1v) is 8.60. The highest BCUT2D eigenvalue weighted by Crippen LogP contribution is 2.28. The van der Waals surface area contributed by atoms with E-state index in [-0.39, 0.29) is 12.5 Å². The Balaban J connectivity index is 1.97. The van der Waals surface area contributed by atoms with E-state index in [2.05, 4.69) is 41.5 Å². The monoisotopic (exact) mass is 413 g/mol. The van der Waals surface area contributed by atoms with Crippen LogP contribution in [0.15, 0.2) is 53.1 Å². The predicted octanol–water partition coefficient (Wildman–Crippen LogP) is 3.85. The van der Waals surface area contributed by atoms with Crippen LogP contribution in [0.1, 0.15) is 5.56 Å². The summed E-state index contributed by atoms with van der Waals surface area (Å²) >= 11 is 3.52. The van der Waals surface area contributed by atoms with E-state index >= 15 is 0 Å². The SMILES string of the molecule is Cc1ccc(Nc2cc(-c3ccccn3)nc(NCC(=O)O)n2)c(Br)c1. The number of halogens is 1. The van der Waals surface area contributed by atoms with Crippen molar-refractivity contribution in [1.82, 2.24) is 15.0 Å². The highest BCUT2D eigenvalue weighted by atomic mass is 79.9. The van der Waals surface area contributed by atoms with Crippen molar-refractivity contribution in [2.75, 3.05) is 17.2 Å². The molecular weight excluding hydrogens is 398 g/mol. The van der Waals surface area contributed by atoms with Gasteiger partial charge in [0.2, 0.25) is 5.95 Å². The first-order chi connectivity index (χ1) is 12.5. The Kier molecular flexibility index (Phi) is 5.43. The zero-order valence-corrected chi connectivity index (χ0v) is 15.5. The van der Waals surface area contributed by atoms with Crippen molar-refractivity contribution in [3.05, 3.63) is 58.7 Å². The molecule has 0 fully saturated rings. The average Bonchev–Trinajstić information content (AvgIpc) is 2.63. The minimum atomic E-state index is -0.993. The number of aryl methyl sites for hydroxylation is 1. The highest BCUT2D eigenvalue weighted by molar-refractivity contribution is 9.10. The molecule has 0 aliphatic rings. The zero-order chi connectivity index (χ0) is 18.5. The number of carboxylic acids is 1. The molecule has 2 heterocycles. The molecule has 0 spiro atoms. The van der Waals surface area contributed by atoms with Crippen molar-refractivity contribution in [2.45, 2.75) is 6.92 Å². The average molecular weight is 414 g/mol. The van der Waals surface area contributed by atoms with Crippen LogP contribution in [0, 0.1) is 6.92 Å². The number of pyridine rings is 1. The molecule has 0 saturated heterocycles. The van der Waals surface area contributed by atoms with Crippen LogP contribution in [-0.2, 0) is 4.79 Å². The Morgan fingerprint density at radius 2 is 2.00 bits per heavy atom. The third kappa shape index (κ3) is 4.54. The summed E-state index contributed by atoms with van der Waals surface area (Å²) in [4.78, 5) is 23.8. The third-order valence-electron chi connectivity index (χ3n) is 3.44. The van der Waals surface area contributed by atoms with E-state index in [9.17, 15) is 4.79 Å². The number of benzene rings is 1. The number of aromatic nitrogens is 3. The van der Waals surface area contributed by atoms with Gasteiger partial charge in [0.1, 0.15) is 12.4 Å². The lowest BCUT2D eigenvalue weighted by molar-refractivity contribution is -0.134. The fourth-order valence-corrected chi connectivity index (χ4v) is 2.84. The van der Waals surface area contributed by atoms with Crippen molar-refractivity contribution in [3.63, 3.8) is 0 Å². The molecule has 0 aliphatic carbocycles. The molecule has 0 saturated carbocycles. The molecule has 0 bridgehead atoms. The van der Waals surface area contributed by atoms with Crippen molar-refractivity contribution in [1.29, 1.82) is 0 Å². The molecule has 0 radical (unpaired) electrons. The van der Waals surface area contributed by atoms with Crippen LogP contribution in [0.3, 0.4) is 0 Å². The Morgan fingerprint density at radius 3 is 2.69 bits per heavy atom. The van der Waals surface area contributed by atoms with Gasteiger partial charge in [0.25, 0.3) is 0 Å². The maximum Gasteiger partial charge on any atom is 0.322 e. The molecule has 1 aromatic carbocycles. The van der Waals surface area contributed by atoms with E-state index in [0.717, 1.165) is 15.7 Å². The maximum atomic E-state index is 10.8. The number of anilines is 3. The van der Waals surface area contributed by atoms with Gasteiger partial charge >= 0.3 is 5.97 Å². The lowest BCUT2D eigenvalue weighted by atomic mass is 10.2. The first kappa shape index (κ1) is 17.8. The summed E-state index contributed by atoms with van der Waals surface area (Å²) in [6.45, 7) is 1.73. The zero-order valence-electron chi connectivity index (χ0n) is 13.9. The van der Waals surface area contributed by atoms with Gasteiger partial charge in [-0.05, 0) is 52.7 Å². The second-order valence-electron chi connectivity index (χ2n) is 5.53. The molecule has 0 atom stereocenters. The van der Waals surface area contributed by atoms with Crippen molar-refractivity contribution in [2.24, 2.45) is 0 Å². The van der Waals surface area contributed by atoms with E-state index in [1.54, 1.807) is 12.3 Å². The summed E-state index contributed by atoms with van der Waals surface area (Å²) in [5.74, 6) is -0.257. The quantitative estimate of drug-likeness (QED) is 0.563. The van der Waals surface area contributed by atoms with Gasteiger partial charge in [0.05, 0.1) is 17.1 Å². The van der Waals surface area contributed by atoms with E-state index in [0.29, 0.717) is 17.2 Å². The highest BCUT2D eigenvalue weighted by Gasteiger charge is 2.10. The third-order valence-corrected chi connectivity index (χ3v) is 4.09.